The Kier molecular flexibility index (Phi) is 5.89. The minimum atomic E-state index is -0.255. The van der Waals surface area contributed by atoms with E-state index in [1.54, 1.807) is 37.4 Å². The second-order valence-electron chi connectivity index (χ2n) is 7.07. The maximum atomic E-state index is 13.4. The quantitative estimate of drug-likeness (QED) is 0.253. The number of para-hydroxylation sites is 2. The van der Waals surface area contributed by atoms with Gasteiger partial charge in [-0.05, 0) is 50.2 Å². The number of nitrogens with one attached hydrogen (secondary N) is 1. The van der Waals surface area contributed by atoms with Gasteiger partial charge in [-0.1, -0.05) is 35.5 Å². The van der Waals surface area contributed by atoms with Crippen LogP contribution in [0.25, 0.3) is 16.6 Å². The highest BCUT2D eigenvalue weighted by Crippen LogP contribution is 2.28. The van der Waals surface area contributed by atoms with Gasteiger partial charge in [-0.2, -0.15) is 0 Å². The lowest BCUT2D eigenvalue weighted by molar-refractivity contribution is 0.102. The van der Waals surface area contributed by atoms with Crippen LogP contribution in [0.1, 0.15) is 21.7 Å². The molecule has 0 aliphatic rings. The van der Waals surface area contributed by atoms with E-state index in [9.17, 15) is 9.59 Å². The van der Waals surface area contributed by atoms with Crippen molar-refractivity contribution in [3.05, 3.63) is 80.9 Å². The topological polar surface area (TPSA) is 77.0 Å². The Balaban J connectivity index is 1.83. The highest BCUT2D eigenvalue weighted by Gasteiger charge is 2.19. The van der Waals surface area contributed by atoms with Gasteiger partial charge in [-0.15, -0.1) is 0 Å². The Morgan fingerprint density at radius 3 is 2.68 bits per heavy atom. The van der Waals surface area contributed by atoms with Gasteiger partial charge in [0.05, 0.1) is 29.5 Å². The van der Waals surface area contributed by atoms with E-state index in [-0.39, 0.29) is 17.1 Å². The average Bonchev–Trinajstić information content (AvgIpc) is 3.10. The number of aromatic amines is 1. The first kappa shape index (κ1) is 21.2. The molecule has 0 radical (unpaired) electrons. The van der Waals surface area contributed by atoms with Crippen LogP contribution in [0.4, 0.5) is 0 Å². The summed E-state index contributed by atoms with van der Waals surface area (Å²) >= 11 is 7.33. The summed E-state index contributed by atoms with van der Waals surface area (Å²) in [5, 5.41) is 1.31. The van der Waals surface area contributed by atoms with E-state index >= 15 is 0 Å². The lowest BCUT2D eigenvalue weighted by atomic mass is 10.2. The number of ether oxygens (including phenoxy) is 1. The first-order valence-electron chi connectivity index (χ1n) is 9.57. The second-order valence-corrected chi connectivity index (χ2v) is 8.45. The van der Waals surface area contributed by atoms with Crippen LogP contribution in [0.2, 0.25) is 5.02 Å². The van der Waals surface area contributed by atoms with Crippen LogP contribution < -0.4 is 10.3 Å². The predicted molar refractivity (Wildman–Crippen MR) is 124 cm³/mol. The number of carbonyl (C=O) groups excluding carboxylic acids is 1. The van der Waals surface area contributed by atoms with Crippen molar-refractivity contribution < 1.29 is 9.53 Å². The number of H-pyrrole nitrogens is 1. The summed E-state index contributed by atoms with van der Waals surface area (Å²) in [4.78, 5) is 34.1. The zero-order chi connectivity index (χ0) is 22.1. The molecule has 0 fully saturated rings. The molecular formula is C23H20ClN3O3S. The standard InChI is InChI=1S/C23H20ClN3O3S/c1-13-10-17(14(2)25-13)20(28)12-31-23-26-18-11-15(24)8-9-16(18)22(29)27(23)19-6-4-5-7-21(19)30-3/h4-11,25H,12H2,1-3H3. The Bertz CT molecular complexity index is 1360. The van der Waals surface area contributed by atoms with E-state index < -0.39 is 0 Å². The molecule has 0 bridgehead atoms. The molecule has 8 heteroatoms. The second kappa shape index (κ2) is 8.61. The van der Waals surface area contributed by atoms with Crippen LogP contribution in [-0.2, 0) is 0 Å². The maximum Gasteiger partial charge on any atom is 0.266 e. The van der Waals surface area contributed by atoms with E-state index in [4.69, 9.17) is 16.3 Å². The van der Waals surface area contributed by atoms with Crippen molar-refractivity contribution in [2.75, 3.05) is 12.9 Å². The SMILES string of the molecule is COc1ccccc1-n1c(SCC(=O)c2cc(C)[nH]c2C)nc2cc(Cl)ccc2c1=O. The van der Waals surface area contributed by atoms with Crippen LogP contribution in [0.5, 0.6) is 5.75 Å². The van der Waals surface area contributed by atoms with Crippen molar-refractivity contribution >= 4 is 40.0 Å². The number of thioether (sulfide) groups is 1. The summed E-state index contributed by atoms with van der Waals surface area (Å²) in [6, 6.07) is 14.0. The third kappa shape index (κ3) is 4.11. The Morgan fingerprint density at radius 2 is 1.97 bits per heavy atom. The van der Waals surface area contributed by atoms with Crippen LogP contribution >= 0.6 is 23.4 Å². The maximum absolute atomic E-state index is 13.4. The molecule has 0 aliphatic heterocycles. The van der Waals surface area contributed by atoms with Crippen LogP contribution in [-0.4, -0.2) is 33.2 Å². The zero-order valence-corrected chi connectivity index (χ0v) is 18.8. The molecule has 31 heavy (non-hydrogen) atoms. The van der Waals surface area contributed by atoms with Gasteiger partial charge in [0.25, 0.3) is 5.56 Å². The van der Waals surface area contributed by atoms with E-state index in [1.807, 2.05) is 32.0 Å². The molecule has 0 saturated heterocycles. The van der Waals surface area contributed by atoms with E-state index in [0.717, 1.165) is 11.4 Å². The lowest BCUT2D eigenvalue weighted by Gasteiger charge is -2.15. The summed E-state index contributed by atoms with van der Waals surface area (Å²) in [6.45, 7) is 3.77. The molecule has 4 rings (SSSR count). The number of hydrogen-bond acceptors (Lipinski definition) is 5. The monoisotopic (exact) mass is 453 g/mol. The van der Waals surface area contributed by atoms with Crippen LogP contribution in [0.15, 0.2) is 58.5 Å². The van der Waals surface area contributed by atoms with Crippen molar-refractivity contribution in [3.8, 4) is 11.4 Å². The molecule has 2 aromatic heterocycles. The van der Waals surface area contributed by atoms with Gasteiger partial charge in [0.1, 0.15) is 5.75 Å². The van der Waals surface area contributed by atoms with Gasteiger partial charge in [-0.3, -0.25) is 14.2 Å². The molecule has 6 nitrogen and oxygen atoms in total. The molecule has 158 valence electrons. The van der Waals surface area contributed by atoms with E-state index in [0.29, 0.717) is 38.1 Å². The number of halogens is 1. The molecule has 0 aliphatic carbocycles. The minimum absolute atomic E-state index is 0.0427. The van der Waals surface area contributed by atoms with Crippen molar-refractivity contribution in [2.24, 2.45) is 0 Å². The number of nitrogens with zero attached hydrogens (tertiary/aromatic N) is 2. The van der Waals surface area contributed by atoms with Gasteiger partial charge in [0.15, 0.2) is 10.9 Å². The van der Waals surface area contributed by atoms with Crippen molar-refractivity contribution in [2.45, 2.75) is 19.0 Å². The number of ketones is 1. The van der Waals surface area contributed by atoms with Gasteiger partial charge in [0.2, 0.25) is 0 Å². The van der Waals surface area contributed by atoms with Gasteiger partial charge in [-0.25, -0.2) is 4.98 Å². The molecule has 2 aromatic carbocycles. The molecule has 1 N–H and O–H groups in total. The molecule has 0 spiro atoms. The number of Topliss-reactive ketones (excluding diaryl/α,β-unsaturated/α-hetero) is 1. The van der Waals surface area contributed by atoms with Crippen LogP contribution in [0.3, 0.4) is 0 Å². The summed E-state index contributed by atoms with van der Waals surface area (Å²) in [7, 11) is 1.55. The molecule has 0 amide bonds. The fraction of sp³-hybridized carbons (Fsp3) is 0.174. The number of rotatable bonds is 6. The van der Waals surface area contributed by atoms with Crippen molar-refractivity contribution in [3.63, 3.8) is 0 Å². The van der Waals surface area contributed by atoms with Gasteiger partial charge >= 0.3 is 0 Å². The normalized spacial score (nSPS) is 11.1. The largest absolute Gasteiger partial charge is 0.495 e. The molecule has 2 heterocycles. The van der Waals surface area contributed by atoms with Crippen molar-refractivity contribution in [1.29, 1.82) is 0 Å². The average molecular weight is 454 g/mol. The summed E-state index contributed by atoms with van der Waals surface area (Å²) < 4.78 is 6.95. The highest BCUT2D eigenvalue weighted by atomic mass is 35.5. The number of aryl methyl sites for hydroxylation is 2. The smallest absolute Gasteiger partial charge is 0.266 e. The predicted octanol–water partition coefficient (Wildman–Crippen LogP) is 4.97. The fourth-order valence-electron chi connectivity index (χ4n) is 3.48. The first-order valence-corrected chi connectivity index (χ1v) is 10.9. The van der Waals surface area contributed by atoms with E-state index in [2.05, 4.69) is 9.97 Å². The number of hydrogen-bond donors (Lipinski definition) is 1. The number of carbonyl (C=O) groups is 1. The Hall–Kier alpha value is -3.03. The number of methoxy groups -OCH3 is 1. The summed E-state index contributed by atoms with van der Waals surface area (Å²) in [6.07, 6.45) is 0. The van der Waals surface area contributed by atoms with Crippen LogP contribution in [0, 0.1) is 13.8 Å². The number of aromatic nitrogens is 3. The van der Waals surface area contributed by atoms with Gasteiger partial charge < -0.3 is 9.72 Å². The highest BCUT2D eigenvalue weighted by molar-refractivity contribution is 7.99. The Morgan fingerprint density at radius 1 is 1.19 bits per heavy atom. The third-order valence-electron chi connectivity index (χ3n) is 4.91. The lowest BCUT2D eigenvalue weighted by Crippen LogP contribution is -2.22. The third-order valence-corrected chi connectivity index (χ3v) is 6.08. The minimum Gasteiger partial charge on any atom is -0.495 e. The van der Waals surface area contributed by atoms with Crippen molar-refractivity contribution in [1.82, 2.24) is 14.5 Å². The zero-order valence-electron chi connectivity index (χ0n) is 17.2. The van der Waals surface area contributed by atoms with Gasteiger partial charge in [0, 0.05) is 22.0 Å². The number of benzene rings is 2. The Labute approximate surface area is 188 Å². The number of fused-ring (bicyclic) bond motifs is 1. The molecule has 4 aromatic rings. The first-order chi connectivity index (χ1) is 14.9. The molecule has 0 atom stereocenters. The summed E-state index contributed by atoms with van der Waals surface area (Å²) in [5.74, 6) is 0.620. The summed E-state index contributed by atoms with van der Waals surface area (Å²) in [5.41, 5.74) is 3.17. The fourth-order valence-corrected chi connectivity index (χ4v) is 4.54. The van der Waals surface area contributed by atoms with E-state index in [1.165, 1.54) is 16.3 Å². The molecular weight excluding hydrogens is 434 g/mol. The molecule has 0 saturated carbocycles. The molecule has 0 unspecified atom stereocenters.